The van der Waals surface area contributed by atoms with Crippen molar-refractivity contribution in [1.82, 2.24) is 10.2 Å². The fourth-order valence-corrected chi connectivity index (χ4v) is 3.70. The van der Waals surface area contributed by atoms with Crippen LogP contribution >= 0.6 is 11.3 Å². The van der Waals surface area contributed by atoms with Gasteiger partial charge in [0.2, 0.25) is 0 Å². The second kappa shape index (κ2) is 5.42. The number of thiophene rings is 1. The van der Waals surface area contributed by atoms with Crippen molar-refractivity contribution < 1.29 is 9.53 Å². The van der Waals surface area contributed by atoms with Gasteiger partial charge in [-0.1, -0.05) is 0 Å². The van der Waals surface area contributed by atoms with Crippen LogP contribution in [0.25, 0.3) is 10.1 Å². The molecule has 1 amide bonds. The van der Waals surface area contributed by atoms with Gasteiger partial charge >= 0.3 is 0 Å². The summed E-state index contributed by atoms with van der Waals surface area (Å²) in [5.74, 6) is 0.990. The SMILES string of the molecule is COc1ccc2sc(C(=O)N3CCNCC3)c(C)c2c1. The highest BCUT2D eigenvalue weighted by Gasteiger charge is 2.22. The van der Waals surface area contributed by atoms with Crippen LogP contribution in [0.15, 0.2) is 18.2 Å². The maximum Gasteiger partial charge on any atom is 0.264 e. The Morgan fingerprint density at radius 1 is 1.35 bits per heavy atom. The number of rotatable bonds is 2. The minimum Gasteiger partial charge on any atom is -0.497 e. The number of nitrogens with one attached hydrogen (secondary N) is 1. The van der Waals surface area contributed by atoms with Crippen LogP contribution in [0.4, 0.5) is 0 Å². The Labute approximate surface area is 122 Å². The number of methoxy groups -OCH3 is 1. The lowest BCUT2D eigenvalue weighted by atomic mass is 10.1. The lowest BCUT2D eigenvalue weighted by Gasteiger charge is -2.27. The molecule has 1 saturated heterocycles. The van der Waals surface area contributed by atoms with Gasteiger partial charge in [-0.05, 0) is 36.1 Å². The summed E-state index contributed by atoms with van der Waals surface area (Å²) in [6.07, 6.45) is 0. The lowest BCUT2D eigenvalue weighted by molar-refractivity contribution is 0.0740. The molecule has 0 unspecified atom stereocenters. The zero-order valence-corrected chi connectivity index (χ0v) is 12.5. The van der Waals surface area contributed by atoms with E-state index in [4.69, 9.17) is 4.74 Å². The molecule has 1 N–H and O–H groups in total. The van der Waals surface area contributed by atoms with Crippen molar-refractivity contribution in [3.05, 3.63) is 28.6 Å². The van der Waals surface area contributed by atoms with Gasteiger partial charge in [0, 0.05) is 30.9 Å². The molecule has 20 heavy (non-hydrogen) atoms. The standard InChI is InChI=1S/C15H18N2O2S/c1-10-12-9-11(19-2)3-4-13(12)20-14(10)15(18)17-7-5-16-6-8-17/h3-4,9,16H,5-8H2,1-2H3. The van der Waals surface area contributed by atoms with E-state index in [0.717, 1.165) is 52.5 Å². The van der Waals surface area contributed by atoms with Gasteiger partial charge in [0.1, 0.15) is 5.75 Å². The monoisotopic (exact) mass is 290 g/mol. The molecule has 0 aliphatic carbocycles. The van der Waals surface area contributed by atoms with E-state index in [2.05, 4.69) is 5.32 Å². The normalized spacial score (nSPS) is 15.6. The average molecular weight is 290 g/mol. The second-order valence-electron chi connectivity index (χ2n) is 4.96. The number of carbonyl (C=O) groups is 1. The zero-order valence-electron chi connectivity index (χ0n) is 11.7. The van der Waals surface area contributed by atoms with E-state index < -0.39 is 0 Å². The number of nitrogens with zero attached hydrogens (tertiary/aromatic N) is 1. The fourth-order valence-electron chi connectivity index (χ4n) is 2.54. The minimum atomic E-state index is 0.157. The van der Waals surface area contributed by atoms with Crippen molar-refractivity contribution in [2.45, 2.75) is 6.92 Å². The maximum absolute atomic E-state index is 12.6. The number of ether oxygens (including phenoxy) is 1. The van der Waals surface area contributed by atoms with Crippen molar-refractivity contribution in [1.29, 1.82) is 0 Å². The maximum atomic E-state index is 12.6. The van der Waals surface area contributed by atoms with Gasteiger partial charge in [-0.2, -0.15) is 0 Å². The molecule has 1 aliphatic heterocycles. The molecule has 2 heterocycles. The van der Waals surface area contributed by atoms with Gasteiger partial charge in [-0.15, -0.1) is 11.3 Å². The molecule has 0 spiro atoms. The Kier molecular flexibility index (Phi) is 3.63. The molecule has 0 bridgehead atoms. The number of amides is 1. The van der Waals surface area contributed by atoms with Gasteiger partial charge in [0.15, 0.2) is 0 Å². The summed E-state index contributed by atoms with van der Waals surface area (Å²) in [5.41, 5.74) is 1.06. The summed E-state index contributed by atoms with van der Waals surface area (Å²) in [4.78, 5) is 15.4. The predicted molar refractivity (Wildman–Crippen MR) is 81.9 cm³/mol. The number of piperazine rings is 1. The fraction of sp³-hybridized carbons (Fsp3) is 0.400. The molecule has 3 rings (SSSR count). The molecule has 106 valence electrons. The first-order chi connectivity index (χ1) is 9.70. The predicted octanol–water partition coefficient (Wildman–Crippen LogP) is 2.26. The van der Waals surface area contributed by atoms with Gasteiger partial charge in [0.05, 0.1) is 12.0 Å². The number of benzene rings is 1. The largest absolute Gasteiger partial charge is 0.497 e. The first-order valence-corrected chi connectivity index (χ1v) is 7.59. The van der Waals surface area contributed by atoms with E-state index in [0.29, 0.717) is 0 Å². The summed E-state index contributed by atoms with van der Waals surface area (Å²) in [6.45, 7) is 5.35. The first kappa shape index (κ1) is 13.4. The lowest BCUT2D eigenvalue weighted by Crippen LogP contribution is -2.46. The van der Waals surface area contributed by atoms with E-state index in [9.17, 15) is 4.79 Å². The molecule has 0 atom stereocenters. The third kappa shape index (κ3) is 2.27. The first-order valence-electron chi connectivity index (χ1n) is 6.78. The Hall–Kier alpha value is -1.59. The van der Waals surface area contributed by atoms with E-state index in [1.165, 1.54) is 0 Å². The molecular formula is C15H18N2O2S. The quantitative estimate of drug-likeness (QED) is 0.922. The van der Waals surface area contributed by atoms with Gasteiger partial charge in [-0.25, -0.2) is 0 Å². The molecule has 0 radical (unpaired) electrons. The zero-order chi connectivity index (χ0) is 14.1. The summed E-state index contributed by atoms with van der Waals surface area (Å²) in [6, 6.07) is 5.98. The Morgan fingerprint density at radius 3 is 2.80 bits per heavy atom. The van der Waals surface area contributed by atoms with Crippen molar-refractivity contribution in [2.75, 3.05) is 33.3 Å². The summed E-state index contributed by atoms with van der Waals surface area (Å²) < 4.78 is 6.40. The molecule has 1 aliphatic rings. The number of carbonyl (C=O) groups excluding carboxylic acids is 1. The van der Waals surface area contributed by atoms with Crippen molar-refractivity contribution in [3.63, 3.8) is 0 Å². The van der Waals surface area contributed by atoms with Crippen LogP contribution in [-0.4, -0.2) is 44.1 Å². The molecule has 0 saturated carbocycles. The summed E-state index contributed by atoms with van der Waals surface area (Å²) in [7, 11) is 1.66. The second-order valence-corrected chi connectivity index (χ2v) is 6.01. The highest BCUT2D eigenvalue weighted by atomic mass is 32.1. The molecule has 1 aromatic carbocycles. The highest BCUT2D eigenvalue weighted by Crippen LogP contribution is 2.34. The topological polar surface area (TPSA) is 41.6 Å². The third-order valence-corrected chi connectivity index (χ3v) is 5.00. The van der Waals surface area contributed by atoms with E-state index in [1.807, 2.05) is 30.0 Å². The van der Waals surface area contributed by atoms with Crippen molar-refractivity contribution in [3.8, 4) is 5.75 Å². The molecule has 5 heteroatoms. The minimum absolute atomic E-state index is 0.157. The van der Waals surface area contributed by atoms with Crippen molar-refractivity contribution in [2.24, 2.45) is 0 Å². The number of hydrogen-bond donors (Lipinski definition) is 1. The third-order valence-electron chi connectivity index (χ3n) is 3.74. The van der Waals surface area contributed by atoms with E-state index in [-0.39, 0.29) is 5.91 Å². The van der Waals surface area contributed by atoms with Crippen molar-refractivity contribution >= 4 is 27.3 Å². The smallest absolute Gasteiger partial charge is 0.264 e. The van der Waals surface area contributed by atoms with Crippen LogP contribution in [0.2, 0.25) is 0 Å². The Bertz CT molecular complexity index is 645. The van der Waals surface area contributed by atoms with Gasteiger partial charge in [0.25, 0.3) is 5.91 Å². The molecule has 1 aromatic heterocycles. The van der Waals surface area contributed by atoms with Crippen LogP contribution in [-0.2, 0) is 0 Å². The van der Waals surface area contributed by atoms with Gasteiger partial charge < -0.3 is 15.0 Å². The molecule has 4 nitrogen and oxygen atoms in total. The molecular weight excluding hydrogens is 272 g/mol. The number of hydrogen-bond acceptors (Lipinski definition) is 4. The van der Waals surface area contributed by atoms with E-state index >= 15 is 0 Å². The Morgan fingerprint density at radius 2 is 2.10 bits per heavy atom. The van der Waals surface area contributed by atoms with Crippen LogP contribution in [0.3, 0.4) is 0 Å². The van der Waals surface area contributed by atoms with Crippen LogP contribution in [0, 0.1) is 6.92 Å². The highest BCUT2D eigenvalue weighted by molar-refractivity contribution is 7.21. The summed E-state index contributed by atoms with van der Waals surface area (Å²) >= 11 is 1.58. The van der Waals surface area contributed by atoms with Gasteiger partial charge in [-0.3, -0.25) is 4.79 Å². The van der Waals surface area contributed by atoms with Crippen LogP contribution in [0.5, 0.6) is 5.75 Å². The number of aryl methyl sites for hydroxylation is 1. The van der Waals surface area contributed by atoms with Crippen LogP contribution in [0.1, 0.15) is 15.2 Å². The molecule has 1 fully saturated rings. The summed E-state index contributed by atoms with van der Waals surface area (Å²) in [5, 5.41) is 4.39. The Balaban J connectivity index is 1.98. The number of fused-ring (bicyclic) bond motifs is 1. The van der Waals surface area contributed by atoms with Crippen LogP contribution < -0.4 is 10.1 Å². The average Bonchev–Trinajstić information content (AvgIpc) is 2.84. The molecule has 2 aromatic rings. The van der Waals surface area contributed by atoms with E-state index in [1.54, 1.807) is 18.4 Å².